The number of ketones is 1. The highest BCUT2D eigenvalue weighted by Crippen LogP contribution is 2.16. The Kier molecular flexibility index (Phi) is 5.52. The summed E-state index contributed by atoms with van der Waals surface area (Å²) in [7, 11) is -3.52. The largest absolute Gasteiger partial charge is 0.332 e. The average Bonchev–Trinajstić information content (AvgIpc) is 2.55. The number of carbonyl (C=O) groups is 1. The first-order valence-corrected chi connectivity index (χ1v) is 9.13. The molecule has 6 nitrogen and oxygen atoms in total. The minimum atomic E-state index is -3.52. The maximum Gasteiger partial charge on any atom is 0.243 e. The van der Waals surface area contributed by atoms with Crippen molar-refractivity contribution in [1.82, 2.24) is 4.31 Å². The third-order valence-electron chi connectivity index (χ3n) is 4.14. The zero-order valence-corrected chi connectivity index (χ0v) is 14.3. The van der Waals surface area contributed by atoms with Crippen LogP contribution in [0.15, 0.2) is 29.2 Å². The van der Waals surface area contributed by atoms with E-state index in [0.717, 1.165) is 6.54 Å². The number of hydrogen-bond donors (Lipinski definition) is 1. The van der Waals surface area contributed by atoms with Crippen LogP contribution in [0.4, 0.5) is 0 Å². The van der Waals surface area contributed by atoms with Crippen molar-refractivity contribution in [2.45, 2.75) is 18.7 Å². The smallest absolute Gasteiger partial charge is 0.243 e. The number of nitrogens with one attached hydrogen (secondary N) is 1. The topological polar surface area (TPSA) is 82.7 Å². The number of rotatable bonds is 5. The van der Waals surface area contributed by atoms with E-state index in [4.69, 9.17) is 5.26 Å². The zero-order valence-electron chi connectivity index (χ0n) is 13.4. The Hall–Kier alpha value is -1.75. The predicted molar refractivity (Wildman–Crippen MR) is 85.5 cm³/mol. The van der Waals surface area contributed by atoms with E-state index >= 15 is 0 Å². The van der Waals surface area contributed by atoms with Crippen LogP contribution in [0.2, 0.25) is 0 Å². The van der Waals surface area contributed by atoms with E-state index < -0.39 is 10.0 Å². The van der Waals surface area contributed by atoms with Crippen LogP contribution in [0, 0.1) is 17.2 Å². The second kappa shape index (κ2) is 7.21. The van der Waals surface area contributed by atoms with Gasteiger partial charge in [-0.05, 0) is 26.0 Å². The van der Waals surface area contributed by atoms with Crippen LogP contribution in [0.5, 0.6) is 0 Å². The zero-order chi connectivity index (χ0) is 17.0. The highest BCUT2D eigenvalue weighted by atomic mass is 32.2. The fourth-order valence-corrected chi connectivity index (χ4v) is 4.18. The van der Waals surface area contributed by atoms with Crippen molar-refractivity contribution in [2.75, 3.05) is 32.7 Å². The van der Waals surface area contributed by atoms with Crippen molar-refractivity contribution in [3.8, 4) is 6.07 Å². The van der Waals surface area contributed by atoms with E-state index in [0.29, 0.717) is 31.7 Å². The number of nitrogens with zero attached hydrogens (tertiary/aromatic N) is 2. The summed E-state index contributed by atoms with van der Waals surface area (Å²) in [5.41, 5.74) is 0.503. The number of quaternary nitrogens is 1. The molecule has 0 unspecified atom stereocenters. The first kappa shape index (κ1) is 17.6. The Morgan fingerprint density at radius 2 is 1.87 bits per heavy atom. The molecule has 0 aromatic heterocycles. The molecule has 1 N–H and O–H groups in total. The van der Waals surface area contributed by atoms with Crippen LogP contribution in [-0.2, 0) is 10.0 Å². The fraction of sp³-hybridized carbons (Fsp3) is 0.500. The molecule has 2 rings (SSSR count). The molecule has 0 bridgehead atoms. The Morgan fingerprint density at radius 3 is 2.35 bits per heavy atom. The fourth-order valence-electron chi connectivity index (χ4n) is 2.74. The molecule has 0 saturated carbocycles. The minimum absolute atomic E-state index is 0.0210. The lowest BCUT2D eigenvalue weighted by molar-refractivity contribution is -0.905. The number of hydrogen-bond acceptors (Lipinski definition) is 4. The van der Waals surface area contributed by atoms with Gasteiger partial charge in [0.15, 0.2) is 5.78 Å². The number of piperazine rings is 1. The Bertz CT molecular complexity index is 699. The quantitative estimate of drug-likeness (QED) is 0.764. The summed E-state index contributed by atoms with van der Waals surface area (Å²) in [6, 6.07) is 8.29. The van der Waals surface area contributed by atoms with Gasteiger partial charge in [-0.25, -0.2) is 8.42 Å². The van der Waals surface area contributed by atoms with Crippen LogP contribution in [0.25, 0.3) is 0 Å². The summed E-state index contributed by atoms with van der Waals surface area (Å²) < 4.78 is 26.7. The lowest BCUT2D eigenvalue weighted by Gasteiger charge is -2.31. The SMILES string of the molecule is CC(=O)c1ccc(S(=O)(=O)N2CC[NH+](C[C@@H](C)C#N)CC2)cc1. The van der Waals surface area contributed by atoms with Crippen molar-refractivity contribution in [3.05, 3.63) is 29.8 Å². The van der Waals surface area contributed by atoms with Crippen molar-refractivity contribution in [2.24, 2.45) is 5.92 Å². The highest BCUT2D eigenvalue weighted by molar-refractivity contribution is 7.89. The van der Waals surface area contributed by atoms with Gasteiger partial charge in [-0.2, -0.15) is 9.57 Å². The van der Waals surface area contributed by atoms with E-state index in [1.165, 1.54) is 28.3 Å². The maximum absolute atomic E-state index is 12.6. The number of carbonyl (C=O) groups excluding carboxylic acids is 1. The summed E-state index contributed by atoms with van der Waals surface area (Å²) in [5, 5.41) is 8.86. The molecule has 124 valence electrons. The summed E-state index contributed by atoms with van der Waals surface area (Å²) in [4.78, 5) is 12.8. The molecule has 7 heteroatoms. The molecule has 0 radical (unpaired) electrons. The lowest BCUT2D eigenvalue weighted by atomic mass is 10.2. The van der Waals surface area contributed by atoms with Crippen LogP contribution in [0.3, 0.4) is 0 Å². The summed E-state index contributed by atoms with van der Waals surface area (Å²) in [6.45, 7) is 6.39. The normalized spacial score (nSPS) is 18.3. The number of nitriles is 1. The molecule has 1 heterocycles. The van der Waals surface area contributed by atoms with Gasteiger partial charge < -0.3 is 4.90 Å². The third kappa shape index (κ3) is 4.16. The highest BCUT2D eigenvalue weighted by Gasteiger charge is 2.30. The Balaban J connectivity index is 2.04. The molecule has 0 spiro atoms. The summed E-state index contributed by atoms with van der Waals surface area (Å²) in [6.07, 6.45) is 0. The van der Waals surface area contributed by atoms with Crippen molar-refractivity contribution in [3.63, 3.8) is 0 Å². The third-order valence-corrected chi connectivity index (χ3v) is 6.06. The van der Waals surface area contributed by atoms with Crippen LogP contribution < -0.4 is 4.90 Å². The van der Waals surface area contributed by atoms with Gasteiger partial charge in [0.25, 0.3) is 0 Å². The van der Waals surface area contributed by atoms with E-state index in [1.54, 1.807) is 12.1 Å². The molecule has 1 aromatic carbocycles. The van der Waals surface area contributed by atoms with Crippen molar-refractivity contribution < 1.29 is 18.1 Å². The van der Waals surface area contributed by atoms with Gasteiger partial charge in [0.1, 0.15) is 0 Å². The molecular formula is C16H22N3O3S+. The lowest BCUT2D eigenvalue weighted by Crippen LogP contribution is -3.15. The van der Waals surface area contributed by atoms with Gasteiger partial charge in [-0.15, -0.1) is 0 Å². The molecule has 1 saturated heterocycles. The van der Waals surface area contributed by atoms with Crippen molar-refractivity contribution in [1.29, 1.82) is 5.26 Å². The number of Topliss-reactive ketones (excluding diaryl/α,β-unsaturated/α-hetero) is 1. The van der Waals surface area contributed by atoms with E-state index in [9.17, 15) is 13.2 Å². The van der Waals surface area contributed by atoms with Crippen LogP contribution in [0.1, 0.15) is 24.2 Å². The molecule has 1 aliphatic heterocycles. The minimum Gasteiger partial charge on any atom is -0.332 e. The van der Waals surface area contributed by atoms with Crippen molar-refractivity contribution >= 4 is 15.8 Å². The van der Waals surface area contributed by atoms with Gasteiger partial charge in [0.2, 0.25) is 10.0 Å². The number of benzene rings is 1. The molecule has 1 aliphatic rings. The van der Waals surface area contributed by atoms with Crippen LogP contribution >= 0.6 is 0 Å². The Labute approximate surface area is 137 Å². The van der Waals surface area contributed by atoms with E-state index in [1.807, 2.05) is 6.92 Å². The second-order valence-electron chi connectivity index (χ2n) is 5.97. The standard InChI is InChI=1S/C16H21N3O3S/c1-13(11-17)12-18-7-9-19(10-8-18)23(21,22)16-5-3-15(4-6-16)14(2)20/h3-6,13H,7-10,12H2,1-2H3/p+1/t13-/m0/s1. The molecule has 0 amide bonds. The van der Waals surface area contributed by atoms with Crippen LogP contribution in [-0.4, -0.2) is 51.2 Å². The first-order valence-electron chi connectivity index (χ1n) is 7.69. The molecule has 1 atom stereocenters. The summed E-state index contributed by atoms with van der Waals surface area (Å²) >= 11 is 0. The molecule has 1 fully saturated rings. The van der Waals surface area contributed by atoms with E-state index in [2.05, 4.69) is 6.07 Å². The van der Waals surface area contributed by atoms with E-state index in [-0.39, 0.29) is 16.6 Å². The molecule has 1 aromatic rings. The second-order valence-corrected chi connectivity index (χ2v) is 7.91. The van der Waals surface area contributed by atoms with Gasteiger partial charge in [0.05, 0.1) is 49.6 Å². The molecule has 23 heavy (non-hydrogen) atoms. The monoisotopic (exact) mass is 336 g/mol. The molecular weight excluding hydrogens is 314 g/mol. The average molecular weight is 336 g/mol. The predicted octanol–water partition coefficient (Wildman–Crippen LogP) is -0.0619. The maximum atomic E-state index is 12.6. The number of sulfonamides is 1. The van der Waals surface area contributed by atoms with Gasteiger partial charge in [-0.3, -0.25) is 4.79 Å². The van der Waals surface area contributed by atoms with Gasteiger partial charge in [-0.1, -0.05) is 12.1 Å². The summed E-state index contributed by atoms with van der Waals surface area (Å²) in [5.74, 6) is -0.106. The molecule has 0 aliphatic carbocycles. The van der Waals surface area contributed by atoms with Gasteiger partial charge in [0, 0.05) is 5.56 Å². The first-order chi connectivity index (χ1) is 10.8. The van der Waals surface area contributed by atoms with Gasteiger partial charge >= 0.3 is 0 Å². The Morgan fingerprint density at radius 1 is 1.30 bits per heavy atom.